The van der Waals surface area contributed by atoms with E-state index in [9.17, 15) is 9.90 Å². The summed E-state index contributed by atoms with van der Waals surface area (Å²) in [5, 5.41) is 16.6. The molecule has 3 N–H and O–H groups in total. The number of aliphatic hydroxyl groups excluding tert-OH is 1. The van der Waals surface area contributed by atoms with E-state index < -0.39 is 6.10 Å². The summed E-state index contributed by atoms with van der Waals surface area (Å²) in [7, 11) is 0. The number of carbonyl (C=O) groups is 1. The summed E-state index contributed by atoms with van der Waals surface area (Å²) in [6, 6.07) is 12.8. The molecule has 126 valence electrons. The Bertz CT molecular complexity index is 752. The molecule has 0 aliphatic carbocycles. The maximum Gasteiger partial charge on any atom is 0.237 e. The van der Waals surface area contributed by atoms with Crippen LogP contribution in [0.1, 0.15) is 12.0 Å². The Morgan fingerprint density at radius 3 is 2.71 bits per heavy atom. The number of aliphatic hydroxyl groups is 1. The van der Waals surface area contributed by atoms with E-state index in [1.165, 1.54) is 0 Å². The number of halogens is 2. The van der Waals surface area contributed by atoms with Crippen molar-refractivity contribution in [2.45, 2.75) is 25.1 Å². The number of hydrogen-bond acceptors (Lipinski definition) is 3. The minimum Gasteiger partial charge on any atom is -0.392 e. The van der Waals surface area contributed by atoms with Gasteiger partial charge in [-0.2, -0.15) is 0 Å². The zero-order valence-electron chi connectivity index (χ0n) is 12.9. The molecule has 0 spiro atoms. The first-order valence-corrected chi connectivity index (χ1v) is 8.52. The van der Waals surface area contributed by atoms with Crippen molar-refractivity contribution in [3.05, 3.63) is 58.1 Å². The Hall–Kier alpha value is -1.59. The molecule has 1 amide bonds. The van der Waals surface area contributed by atoms with E-state index in [2.05, 4.69) is 10.6 Å². The van der Waals surface area contributed by atoms with Crippen molar-refractivity contribution in [1.82, 2.24) is 10.6 Å². The maximum absolute atomic E-state index is 12.2. The van der Waals surface area contributed by atoms with Crippen molar-refractivity contribution in [3.8, 4) is 11.1 Å². The zero-order chi connectivity index (χ0) is 17.1. The third-order valence-corrected chi connectivity index (χ3v) is 4.66. The minimum absolute atomic E-state index is 0.108. The van der Waals surface area contributed by atoms with Crippen LogP contribution in [0.3, 0.4) is 0 Å². The molecular formula is C18H18Cl2N2O2. The van der Waals surface area contributed by atoms with E-state index in [1.807, 2.05) is 30.3 Å². The third-order valence-electron chi connectivity index (χ3n) is 4.12. The lowest BCUT2D eigenvalue weighted by molar-refractivity contribution is -0.123. The summed E-state index contributed by atoms with van der Waals surface area (Å²) in [6.07, 6.45) is -0.0165. The Kier molecular flexibility index (Phi) is 5.41. The molecule has 1 heterocycles. The van der Waals surface area contributed by atoms with Gasteiger partial charge in [-0.05, 0) is 29.7 Å². The van der Waals surface area contributed by atoms with Gasteiger partial charge in [0.05, 0.1) is 12.1 Å². The van der Waals surface area contributed by atoms with Gasteiger partial charge in [0.2, 0.25) is 5.91 Å². The van der Waals surface area contributed by atoms with Gasteiger partial charge in [-0.15, -0.1) is 0 Å². The van der Waals surface area contributed by atoms with Gasteiger partial charge in [0.15, 0.2) is 0 Å². The zero-order valence-corrected chi connectivity index (χ0v) is 14.4. The fourth-order valence-electron chi connectivity index (χ4n) is 2.87. The number of carbonyl (C=O) groups excluding carboxylic acids is 1. The van der Waals surface area contributed by atoms with Crippen LogP contribution in [0, 0.1) is 0 Å². The van der Waals surface area contributed by atoms with Crippen molar-refractivity contribution in [2.75, 3.05) is 6.54 Å². The summed E-state index contributed by atoms with van der Waals surface area (Å²) in [4.78, 5) is 12.2. The van der Waals surface area contributed by atoms with E-state index >= 15 is 0 Å². The smallest absolute Gasteiger partial charge is 0.237 e. The van der Waals surface area contributed by atoms with Gasteiger partial charge in [-0.3, -0.25) is 4.79 Å². The molecule has 0 saturated carbocycles. The van der Waals surface area contributed by atoms with Crippen molar-refractivity contribution < 1.29 is 9.90 Å². The summed E-state index contributed by atoms with van der Waals surface area (Å²) >= 11 is 12.3. The van der Waals surface area contributed by atoms with Gasteiger partial charge in [0.25, 0.3) is 0 Å². The van der Waals surface area contributed by atoms with Gasteiger partial charge in [0.1, 0.15) is 0 Å². The van der Waals surface area contributed by atoms with Crippen molar-refractivity contribution in [2.24, 2.45) is 0 Å². The predicted molar refractivity (Wildman–Crippen MR) is 96.2 cm³/mol. The number of hydrogen-bond donors (Lipinski definition) is 3. The van der Waals surface area contributed by atoms with Crippen LogP contribution in [-0.4, -0.2) is 29.7 Å². The SMILES string of the molecule is O=C(NCc1ccccc1-c1ccc(Cl)cc1Cl)C1CC(O)CN1. The number of rotatable bonds is 4. The fraction of sp³-hybridized carbons (Fsp3) is 0.278. The van der Waals surface area contributed by atoms with Crippen LogP contribution >= 0.6 is 23.2 Å². The molecule has 0 bridgehead atoms. The van der Waals surface area contributed by atoms with Crippen LogP contribution < -0.4 is 10.6 Å². The van der Waals surface area contributed by atoms with Gasteiger partial charge in [0, 0.05) is 28.7 Å². The molecule has 1 aliphatic rings. The van der Waals surface area contributed by atoms with E-state index in [0.29, 0.717) is 29.6 Å². The van der Waals surface area contributed by atoms with Gasteiger partial charge in [-0.25, -0.2) is 0 Å². The van der Waals surface area contributed by atoms with Crippen LogP contribution in [0.4, 0.5) is 0 Å². The second-order valence-electron chi connectivity index (χ2n) is 5.85. The molecule has 1 saturated heterocycles. The Morgan fingerprint density at radius 2 is 2.00 bits per heavy atom. The van der Waals surface area contributed by atoms with Crippen molar-refractivity contribution in [3.63, 3.8) is 0 Å². The lowest BCUT2D eigenvalue weighted by atomic mass is 9.99. The van der Waals surface area contributed by atoms with E-state index in [-0.39, 0.29) is 11.9 Å². The van der Waals surface area contributed by atoms with E-state index in [4.69, 9.17) is 23.2 Å². The molecule has 6 heteroatoms. The highest BCUT2D eigenvalue weighted by molar-refractivity contribution is 6.36. The molecular weight excluding hydrogens is 347 g/mol. The van der Waals surface area contributed by atoms with Crippen LogP contribution in [0.5, 0.6) is 0 Å². The Labute approximate surface area is 150 Å². The molecule has 2 atom stereocenters. The molecule has 2 aromatic carbocycles. The van der Waals surface area contributed by atoms with Crippen LogP contribution in [-0.2, 0) is 11.3 Å². The standard InChI is InChI=1S/C18H18Cl2N2O2/c19-12-5-6-15(16(20)7-12)14-4-2-1-3-11(14)9-22-18(24)17-8-13(23)10-21-17/h1-7,13,17,21,23H,8-10H2,(H,22,24). The molecule has 1 aliphatic heterocycles. The van der Waals surface area contributed by atoms with E-state index in [1.54, 1.807) is 12.1 Å². The molecule has 2 unspecified atom stereocenters. The van der Waals surface area contributed by atoms with Gasteiger partial charge in [-0.1, -0.05) is 53.5 Å². The monoisotopic (exact) mass is 364 g/mol. The quantitative estimate of drug-likeness (QED) is 0.781. The van der Waals surface area contributed by atoms with Gasteiger partial charge < -0.3 is 15.7 Å². The molecule has 0 radical (unpaired) electrons. The highest BCUT2D eigenvalue weighted by atomic mass is 35.5. The third kappa shape index (κ3) is 3.90. The number of β-amino-alcohol motifs (C(OH)–C–C–N with tert-alkyl or cyclic N) is 1. The maximum atomic E-state index is 12.2. The number of benzene rings is 2. The molecule has 3 rings (SSSR count). The lowest BCUT2D eigenvalue weighted by Gasteiger charge is -2.14. The number of nitrogens with one attached hydrogen (secondary N) is 2. The average Bonchev–Trinajstić information content (AvgIpc) is 3.00. The second kappa shape index (κ2) is 7.53. The Morgan fingerprint density at radius 1 is 1.21 bits per heavy atom. The highest BCUT2D eigenvalue weighted by Crippen LogP contribution is 2.32. The molecule has 0 aromatic heterocycles. The molecule has 2 aromatic rings. The summed E-state index contributed by atoms with van der Waals surface area (Å²) in [6.45, 7) is 0.845. The lowest BCUT2D eigenvalue weighted by Crippen LogP contribution is -2.40. The normalized spacial score (nSPS) is 20.1. The summed E-state index contributed by atoms with van der Waals surface area (Å²) < 4.78 is 0. The molecule has 4 nitrogen and oxygen atoms in total. The van der Waals surface area contributed by atoms with E-state index in [0.717, 1.165) is 16.7 Å². The van der Waals surface area contributed by atoms with Crippen LogP contribution in [0.2, 0.25) is 10.0 Å². The highest BCUT2D eigenvalue weighted by Gasteiger charge is 2.27. The topological polar surface area (TPSA) is 61.4 Å². The second-order valence-corrected chi connectivity index (χ2v) is 6.69. The minimum atomic E-state index is -0.457. The fourth-order valence-corrected chi connectivity index (χ4v) is 3.38. The number of amides is 1. The first kappa shape index (κ1) is 17.2. The van der Waals surface area contributed by atoms with Gasteiger partial charge >= 0.3 is 0 Å². The Balaban J connectivity index is 1.76. The largest absolute Gasteiger partial charge is 0.392 e. The van der Waals surface area contributed by atoms with Crippen LogP contribution in [0.25, 0.3) is 11.1 Å². The van der Waals surface area contributed by atoms with Crippen LogP contribution in [0.15, 0.2) is 42.5 Å². The summed E-state index contributed by atoms with van der Waals surface area (Å²) in [5.41, 5.74) is 2.80. The summed E-state index contributed by atoms with van der Waals surface area (Å²) in [5.74, 6) is -0.108. The average molecular weight is 365 g/mol. The predicted octanol–water partition coefficient (Wildman–Crippen LogP) is 3.00. The van der Waals surface area contributed by atoms with Crippen molar-refractivity contribution >= 4 is 29.1 Å². The molecule has 1 fully saturated rings. The van der Waals surface area contributed by atoms with Crippen molar-refractivity contribution in [1.29, 1.82) is 0 Å². The first-order chi connectivity index (χ1) is 11.5. The molecule has 24 heavy (non-hydrogen) atoms. The first-order valence-electron chi connectivity index (χ1n) is 7.77.